The number of aliphatic hydroxyl groups is 1. The summed E-state index contributed by atoms with van der Waals surface area (Å²) in [7, 11) is 0. The van der Waals surface area contributed by atoms with E-state index in [0.717, 1.165) is 0 Å². The zero-order valence-corrected chi connectivity index (χ0v) is 10.5. The van der Waals surface area contributed by atoms with Crippen LogP contribution in [-0.2, 0) is 0 Å². The van der Waals surface area contributed by atoms with Crippen LogP contribution in [0.15, 0.2) is 0 Å². The van der Waals surface area contributed by atoms with E-state index in [2.05, 4.69) is 13.8 Å². The molecular formula is C13H28O. The third-order valence-electron chi connectivity index (χ3n) is 3.06. The third-order valence-corrected chi connectivity index (χ3v) is 3.06. The van der Waals surface area contributed by atoms with E-state index in [9.17, 15) is 5.11 Å². The zero-order valence-electron chi connectivity index (χ0n) is 10.5. The first-order valence-electron chi connectivity index (χ1n) is 6.24. The van der Waals surface area contributed by atoms with Gasteiger partial charge in [0.15, 0.2) is 0 Å². The van der Waals surface area contributed by atoms with Crippen LogP contribution in [0, 0.1) is 5.92 Å². The van der Waals surface area contributed by atoms with E-state index in [4.69, 9.17) is 0 Å². The Morgan fingerprint density at radius 1 is 0.929 bits per heavy atom. The van der Waals surface area contributed by atoms with Crippen LogP contribution in [0.4, 0.5) is 0 Å². The van der Waals surface area contributed by atoms with Gasteiger partial charge in [-0.05, 0) is 32.6 Å². The summed E-state index contributed by atoms with van der Waals surface area (Å²) in [5, 5.41) is 10.0. The van der Waals surface area contributed by atoms with E-state index < -0.39 is 5.60 Å². The lowest BCUT2D eigenvalue weighted by molar-refractivity contribution is 0.00741. The summed E-state index contributed by atoms with van der Waals surface area (Å²) >= 11 is 0. The van der Waals surface area contributed by atoms with Gasteiger partial charge in [0.2, 0.25) is 0 Å². The SMILES string of the molecule is CCCCCC(CCCC)C(C)(C)O. The van der Waals surface area contributed by atoms with Crippen LogP contribution in [0.25, 0.3) is 0 Å². The summed E-state index contributed by atoms with van der Waals surface area (Å²) in [5.41, 5.74) is -0.483. The Bertz CT molecular complexity index is 124. The highest BCUT2D eigenvalue weighted by Gasteiger charge is 2.25. The van der Waals surface area contributed by atoms with E-state index in [0.29, 0.717) is 5.92 Å². The van der Waals surface area contributed by atoms with Crippen LogP contribution in [0.3, 0.4) is 0 Å². The van der Waals surface area contributed by atoms with Crippen molar-refractivity contribution in [1.82, 2.24) is 0 Å². The van der Waals surface area contributed by atoms with Gasteiger partial charge in [-0.15, -0.1) is 0 Å². The lowest BCUT2D eigenvalue weighted by atomic mass is 9.83. The smallest absolute Gasteiger partial charge is 0.0619 e. The Labute approximate surface area is 89.9 Å². The fourth-order valence-electron chi connectivity index (χ4n) is 1.94. The third kappa shape index (κ3) is 6.42. The molecule has 0 fully saturated rings. The van der Waals surface area contributed by atoms with Crippen molar-refractivity contribution in [3.8, 4) is 0 Å². The molecule has 0 aliphatic rings. The van der Waals surface area contributed by atoms with Gasteiger partial charge >= 0.3 is 0 Å². The van der Waals surface area contributed by atoms with E-state index >= 15 is 0 Å². The van der Waals surface area contributed by atoms with Crippen LogP contribution >= 0.6 is 0 Å². The van der Waals surface area contributed by atoms with Crippen molar-refractivity contribution in [1.29, 1.82) is 0 Å². The first-order valence-corrected chi connectivity index (χ1v) is 6.24. The largest absolute Gasteiger partial charge is 0.390 e. The first-order chi connectivity index (χ1) is 6.52. The second-order valence-corrected chi connectivity index (χ2v) is 4.99. The average molecular weight is 200 g/mol. The molecule has 0 amide bonds. The van der Waals surface area contributed by atoms with E-state index in [1.54, 1.807) is 0 Å². The van der Waals surface area contributed by atoms with Crippen LogP contribution in [-0.4, -0.2) is 10.7 Å². The topological polar surface area (TPSA) is 20.2 Å². The lowest BCUT2D eigenvalue weighted by Gasteiger charge is -2.29. The van der Waals surface area contributed by atoms with Gasteiger partial charge in [-0.1, -0.05) is 46.0 Å². The molecule has 1 nitrogen and oxygen atoms in total. The van der Waals surface area contributed by atoms with Crippen molar-refractivity contribution in [3.63, 3.8) is 0 Å². The van der Waals surface area contributed by atoms with Crippen molar-refractivity contribution in [3.05, 3.63) is 0 Å². The van der Waals surface area contributed by atoms with Crippen molar-refractivity contribution in [2.75, 3.05) is 0 Å². The van der Waals surface area contributed by atoms with Gasteiger partial charge in [-0.3, -0.25) is 0 Å². The quantitative estimate of drug-likeness (QED) is 0.584. The standard InChI is InChI=1S/C13H28O/c1-5-7-9-11-12(10-8-6-2)13(3,4)14/h12,14H,5-11H2,1-4H3. The Kier molecular flexibility index (Phi) is 7.26. The summed E-state index contributed by atoms with van der Waals surface area (Å²) in [5.74, 6) is 0.494. The summed E-state index contributed by atoms with van der Waals surface area (Å²) < 4.78 is 0. The maximum Gasteiger partial charge on any atom is 0.0619 e. The monoisotopic (exact) mass is 200 g/mol. The number of rotatable bonds is 8. The molecule has 1 atom stereocenters. The molecule has 0 aliphatic heterocycles. The molecule has 0 bridgehead atoms. The summed E-state index contributed by atoms with van der Waals surface area (Å²) in [6.45, 7) is 8.36. The molecule has 1 heteroatoms. The molecule has 0 aromatic carbocycles. The molecule has 0 saturated carbocycles. The van der Waals surface area contributed by atoms with Gasteiger partial charge in [-0.25, -0.2) is 0 Å². The molecule has 1 N–H and O–H groups in total. The Morgan fingerprint density at radius 3 is 1.86 bits per heavy atom. The minimum Gasteiger partial charge on any atom is -0.390 e. The lowest BCUT2D eigenvalue weighted by Crippen LogP contribution is -2.30. The summed E-state index contributed by atoms with van der Waals surface area (Å²) in [6.07, 6.45) is 8.71. The minimum absolute atomic E-state index is 0.483. The number of hydrogen-bond acceptors (Lipinski definition) is 1. The predicted octanol–water partition coefficient (Wildman–Crippen LogP) is 4.14. The van der Waals surface area contributed by atoms with E-state index in [1.165, 1.54) is 44.9 Å². The molecule has 14 heavy (non-hydrogen) atoms. The van der Waals surface area contributed by atoms with Crippen LogP contribution in [0.2, 0.25) is 0 Å². The van der Waals surface area contributed by atoms with Crippen molar-refractivity contribution in [2.24, 2.45) is 5.92 Å². The second kappa shape index (κ2) is 7.28. The molecule has 0 saturated heterocycles. The normalized spacial score (nSPS) is 14.4. The van der Waals surface area contributed by atoms with Crippen molar-refractivity contribution >= 4 is 0 Å². The van der Waals surface area contributed by atoms with Crippen LogP contribution in [0.5, 0.6) is 0 Å². The molecule has 1 unspecified atom stereocenters. The highest BCUT2D eigenvalue weighted by Crippen LogP contribution is 2.27. The van der Waals surface area contributed by atoms with Gasteiger partial charge in [0.25, 0.3) is 0 Å². The number of unbranched alkanes of at least 4 members (excludes halogenated alkanes) is 3. The fraction of sp³-hybridized carbons (Fsp3) is 1.00. The average Bonchev–Trinajstić information content (AvgIpc) is 2.09. The Hall–Kier alpha value is -0.0400. The fourth-order valence-corrected chi connectivity index (χ4v) is 1.94. The minimum atomic E-state index is -0.483. The molecule has 0 rings (SSSR count). The van der Waals surface area contributed by atoms with E-state index in [-0.39, 0.29) is 0 Å². The molecule has 0 aromatic rings. The molecule has 0 aliphatic carbocycles. The summed E-state index contributed by atoms with van der Waals surface area (Å²) in [6, 6.07) is 0. The first kappa shape index (κ1) is 14.0. The van der Waals surface area contributed by atoms with Gasteiger partial charge < -0.3 is 5.11 Å². The van der Waals surface area contributed by atoms with Crippen LogP contribution in [0.1, 0.15) is 72.6 Å². The highest BCUT2D eigenvalue weighted by molar-refractivity contribution is 4.77. The van der Waals surface area contributed by atoms with Crippen LogP contribution < -0.4 is 0 Å². The second-order valence-electron chi connectivity index (χ2n) is 4.99. The zero-order chi connectivity index (χ0) is 11.0. The highest BCUT2D eigenvalue weighted by atomic mass is 16.3. The maximum atomic E-state index is 10.0. The van der Waals surface area contributed by atoms with Crippen molar-refractivity contribution < 1.29 is 5.11 Å². The molecule has 0 heterocycles. The van der Waals surface area contributed by atoms with Gasteiger partial charge in [0.05, 0.1) is 5.60 Å². The van der Waals surface area contributed by atoms with Gasteiger partial charge in [-0.2, -0.15) is 0 Å². The van der Waals surface area contributed by atoms with Gasteiger partial charge in [0.1, 0.15) is 0 Å². The molecule has 86 valence electrons. The van der Waals surface area contributed by atoms with Gasteiger partial charge in [0, 0.05) is 0 Å². The van der Waals surface area contributed by atoms with Crippen molar-refractivity contribution in [2.45, 2.75) is 78.2 Å². The Balaban J connectivity index is 3.85. The molecular weight excluding hydrogens is 172 g/mol. The summed E-state index contributed by atoms with van der Waals surface area (Å²) in [4.78, 5) is 0. The molecule has 0 spiro atoms. The number of hydrogen-bond donors (Lipinski definition) is 1. The Morgan fingerprint density at radius 2 is 1.43 bits per heavy atom. The predicted molar refractivity (Wildman–Crippen MR) is 63.5 cm³/mol. The molecule has 0 aromatic heterocycles. The molecule has 0 radical (unpaired) electrons. The van der Waals surface area contributed by atoms with E-state index in [1.807, 2.05) is 13.8 Å². The maximum absolute atomic E-state index is 10.0.